The summed E-state index contributed by atoms with van der Waals surface area (Å²) in [4.78, 5) is 26.2. The van der Waals surface area contributed by atoms with Crippen molar-refractivity contribution < 1.29 is 4.79 Å². The molecular formula is C23H22N6O. The zero-order valence-corrected chi connectivity index (χ0v) is 16.7. The third-order valence-electron chi connectivity index (χ3n) is 5.01. The van der Waals surface area contributed by atoms with Crippen LogP contribution >= 0.6 is 0 Å². The van der Waals surface area contributed by atoms with E-state index in [9.17, 15) is 4.79 Å². The van der Waals surface area contributed by atoms with Crippen LogP contribution in [0.2, 0.25) is 0 Å². The van der Waals surface area contributed by atoms with Gasteiger partial charge in [0.15, 0.2) is 0 Å². The second-order valence-corrected chi connectivity index (χ2v) is 7.15. The molecule has 7 nitrogen and oxygen atoms in total. The summed E-state index contributed by atoms with van der Waals surface area (Å²) < 4.78 is 0. The third kappa shape index (κ3) is 4.39. The molecule has 0 saturated carbocycles. The van der Waals surface area contributed by atoms with Gasteiger partial charge in [-0.15, -0.1) is 0 Å². The lowest BCUT2D eigenvalue weighted by atomic mass is 10.2. The molecule has 1 saturated heterocycles. The highest BCUT2D eigenvalue weighted by Crippen LogP contribution is 2.19. The fourth-order valence-corrected chi connectivity index (χ4v) is 3.48. The number of anilines is 3. The molecule has 150 valence electrons. The standard InChI is InChI=1S/C23H22N6O/c1-17-14-21(22(30)26-19-7-5-6-18(15-19)16-24)27-23(25-17)29-12-10-28(11-13-29)20-8-3-2-4-9-20/h2-9,14-15H,10-13H2,1H3,(H,26,30). The molecule has 0 bridgehead atoms. The van der Waals surface area contributed by atoms with Crippen LogP contribution in [0.4, 0.5) is 17.3 Å². The summed E-state index contributed by atoms with van der Waals surface area (Å²) in [5.41, 5.74) is 3.31. The first-order valence-electron chi connectivity index (χ1n) is 9.84. The van der Waals surface area contributed by atoms with E-state index in [0.29, 0.717) is 22.9 Å². The van der Waals surface area contributed by atoms with E-state index in [0.717, 1.165) is 31.9 Å². The van der Waals surface area contributed by atoms with Gasteiger partial charge in [-0.2, -0.15) is 5.26 Å². The highest BCUT2D eigenvalue weighted by Gasteiger charge is 2.21. The molecule has 30 heavy (non-hydrogen) atoms. The third-order valence-corrected chi connectivity index (χ3v) is 5.01. The van der Waals surface area contributed by atoms with Crippen LogP contribution in [0.5, 0.6) is 0 Å². The minimum atomic E-state index is -0.320. The second kappa shape index (κ2) is 8.62. The number of para-hydroxylation sites is 1. The SMILES string of the molecule is Cc1cc(C(=O)Nc2cccc(C#N)c2)nc(N2CCN(c3ccccc3)CC2)n1. The van der Waals surface area contributed by atoms with E-state index in [1.54, 1.807) is 30.3 Å². The van der Waals surface area contributed by atoms with E-state index in [1.807, 2.05) is 25.1 Å². The second-order valence-electron chi connectivity index (χ2n) is 7.15. The van der Waals surface area contributed by atoms with Crippen molar-refractivity contribution in [3.8, 4) is 6.07 Å². The lowest BCUT2D eigenvalue weighted by molar-refractivity contribution is 0.102. The first-order chi connectivity index (χ1) is 14.6. The molecule has 7 heteroatoms. The van der Waals surface area contributed by atoms with E-state index in [-0.39, 0.29) is 5.91 Å². The molecule has 2 aromatic carbocycles. The molecular weight excluding hydrogens is 376 g/mol. The van der Waals surface area contributed by atoms with Gasteiger partial charge in [-0.1, -0.05) is 24.3 Å². The molecule has 3 aromatic rings. The van der Waals surface area contributed by atoms with Crippen molar-refractivity contribution in [3.05, 3.63) is 77.6 Å². The van der Waals surface area contributed by atoms with Gasteiger partial charge in [-0.3, -0.25) is 4.79 Å². The number of piperazine rings is 1. The van der Waals surface area contributed by atoms with E-state index in [1.165, 1.54) is 5.69 Å². The quantitative estimate of drug-likeness (QED) is 0.726. The maximum atomic E-state index is 12.7. The normalized spacial score (nSPS) is 13.6. The largest absolute Gasteiger partial charge is 0.368 e. The van der Waals surface area contributed by atoms with Crippen molar-refractivity contribution in [2.75, 3.05) is 41.3 Å². The average molecular weight is 398 g/mol. The van der Waals surface area contributed by atoms with Crippen molar-refractivity contribution in [2.45, 2.75) is 6.92 Å². The lowest BCUT2D eigenvalue weighted by Crippen LogP contribution is -2.47. The number of nitriles is 1. The van der Waals surface area contributed by atoms with E-state index in [4.69, 9.17) is 5.26 Å². The fraction of sp³-hybridized carbons (Fsp3) is 0.217. The number of nitrogens with zero attached hydrogens (tertiary/aromatic N) is 5. The molecule has 1 aromatic heterocycles. The number of hydrogen-bond acceptors (Lipinski definition) is 6. The Bertz CT molecular complexity index is 1080. The minimum absolute atomic E-state index is 0.311. The number of amides is 1. The summed E-state index contributed by atoms with van der Waals surface area (Å²) in [7, 11) is 0. The van der Waals surface area contributed by atoms with Crippen LogP contribution in [0.3, 0.4) is 0 Å². The molecule has 1 aliphatic heterocycles. The molecule has 0 radical (unpaired) electrons. The van der Waals surface area contributed by atoms with Crippen LogP contribution < -0.4 is 15.1 Å². The van der Waals surface area contributed by atoms with Crippen molar-refractivity contribution in [1.29, 1.82) is 5.26 Å². The summed E-state index contributed by atoms with van der Waals surface area (Å²) in [5, 5.41) is 11.8. The molecule has 0 aliphatic carbocycles. The van der Waals surface area contributed by atoms with Gasteiger partial charge in [0.05, 0.1) is 11.6 Å². The van der Waals surface area contributed by atoms with Gasteiger partial charge in [0.2, 0.25) is 5.95 Å². The Balaban J connectivity index is 1.47. The van der Waals surface area contributed by atoms with Gasteiger partial charge in [0, 0.05) is 43.2 Å². The summed E-state index contributed by atoms with van der Waals surface area (Å²) in [6, 6.07) is 20.9. The number of aryl methyl sites for hydroxylation is 1. The summed E-state index contributed by atoms with van der Waals surface area (Å²) in [6.45, 7) is 5.15. The van der Waals surface area contributed by atoms with Gasteiger partial charge >= 0.3 is 0 Å². The summed E-state index contributed by atoms with van der Waals surface area (Å²) in [6.07, 6.45) is 0. The lowest BCUT2D eigenvalue weighted by Gasteiger charge is -2.36. The highest BCUT2D eigenvalue weighted by atomic mass is 16.1. The smallest absolute Gasteiger partial charge is 0.274 e. The minimum Gasteiger partial charge on any atom is -0.368 e. The van der Waals surface area contributed by atoms with Gasteiger partial charge in [-0.05, 0) is 43.3 Å². The Morgan fingerprint density at radius 1 is 0.967 bits per heavy atom. The predicted octanol–water partition coefficient (Wildman–Crippen LogP) is 3.24. The van der Waals surface area contributed by atoms with E-state index < -0.39 is 0 Å². The Hall–Kier alpha value is -3.92. The molecule has 1 amide bonds. The van der Waals surface area contributed by atoms with Gasteiger partial charge in [0.1, 0.15) is 5.69 Å². The average Bonchev–Trinajstić information content (AvgIpc) is 2.79. The molecule has 1 fully saturated rings. The zero-order chi connectivity index (χ0) is 20.9. The molecule has 0 spiro atoms. The molecule has 2 heterocycles. The topological polar surface area (TPSA) is 85.1 Å². The molecule has 0 unspecified atom stereocenters. The molecule has 4 rings (SSSR count). The van der Waals surface area contributed by atoms with Crippen LogP contribution in [0, 0.1) is 18.3 Å². The number of benzene rings is 2. The van der Waals surface area contributed by atoms with Gasteiger partial charge < -0.3 is 15.1 Å². The van der Waals surface area contributed by atoms with Crippen molar-refractivity contribution in [1.82, 2.24) is 9.97 Å². The van der Waals surface area contributed by atoms with E-state index in [2.05, 4.69) is 43.3 Å². The van der Waals surface area contributed by atoms with Crippen LogP contribution in [-0.4, -0.2) is 42.1 Å². The number of hydrogen-bond donors (Lipinski definition) is 1. The molecule has 0 atom stereocenters. The first-order valence-corrected chi connectivity index (χ1v) is 9.84. The Labute approximate surface area is 175 Å². The van der Waals surface area contributed by atoms with Crippen LogP contribution in [0.1, 0.15) is 21.7 Å². The molecule has 1 aliphatic rings. The number of carbonyl (C=O) groups is 1. The van der Waals surface area contributed by atoms with E-state index >= 15 is 0 Å². The van der Waals surface area contributed by atoms with Crippen LogP contribution in [-0.2, 0) is 0 Å². The number of aromatic nitrogens is 2. The summed E-state index contributed by atoms with van der Waals surface area (Å²) >= 11 is 0. The maximum absolute atomic E-state index is 12.7. The number of nitrogens with one attached hydrogen (secondary N) is 1. The molecule has 1 N–H and O–H groups in total. The number of rotatable bonds is 4. The highest BCUT2D eigenvalue weighted by molar-refractivity contribution is 6.03. The Morgan fingerprint density at radius 2 is 1.70 bits per heavy atom. The first kappa shape index (κ1) is 19.4. The maximum Gasteiger partial charge on any atom is 0.274 e. The van der Waals surface area contributed by atoms with Crippen molar-refractivity contribution >= 4 is 23.2 Å². The van der Waals surface area contributed by atoms with Crippen LogP contribution in [0.15, 0.2) is 60.7 Å². The Kier molecular flexibility index (Phi) is 5.57. The van der Waals surface area contributed by atoms with Crippen molar-refractivity contribution in [3.63, 3.8) is 0 Å². The summed E-state index contributed by atoms with van der Waals surface area (Å²) in [5.74, 6) is 0.249. The zero-order valence-electron chi connectivity index (χ0n) is 16.7. The van der Waals surface area contributed by atoms with Crippen molar-refractivity contribution in [2.24, 2.45) is 0 Å². The monoisotopic (exact) mass is 398 g/mol. The van der Waals surface area contributed by atoms with Crippen LogP contribution in [0.25, 0.3) is 0 Å². The van der Waals surface area contributed by atoms with Gasteiger partial charge in [-0.25, -0.2) is 9.97 Å². The number of carbonyl (C=O) groups excluding carboxylic acids is 1. The predicted molar refractivity (Wildman–Crippen MR) is 117 cm³/mol. The Morgan fingerprint density at radius 3 is 2.43 bits per heavy atom. The van der Waals surface area contributed by atoms with Gasteiger partial charge in [0.25, 0.3) is 5.91 Å². The fourth-order valence-electron chi connectivity index (χ4n) is 3.48.